The molecule has 3 aliphatic rings. The molecule has 1 saturated carbocycles. The largest absolute Gasteiger partial charge is 0.474 e. The zero-order valence-corrected chi connectivity index (χ0v) is 57.7. The summed E-state index contributed by atoms with van der Waals surface area (Å²) >= 11 is 3.59. The van der Waals surface area contributed by atoms with Crippen molar-refractivity contribution < 1.29 is 99.1 Å². The molecule has 34 nitrogen and oxygen atoms in total. The summed E-state index contributed by atoms with van der Waals surface area (Å²) in [7, 11) is -1.73. The molecule has 9 atom stereocenters. The summed E-state index contributed by atoms with van der Waals surface area (Å²) in [4.78, 5) is 134. The van der Waals surface area contributed by atoms with E-state index in [0.29, 0.717) is 68.8 Å². The van der Waals surface area contributed by atoms with Gasteiger partial charge in [0, 0.05) is 62.1 Å². The van der Waals surface area contributed by atoms with Gasteiger partial charge in [-0.25, -0.2) is 24.3 Å². The number of anilines is 2. The maximum Gasteiger partial charge on any atom is 0.410 e. The molecule has 5 aromatic rings. The Kier molecular flexibility index (Phi) is 30.0. The Balaban J connectivity index is 0.724. The molecule has 3 unspecified atom stereocenters. The normalized spacial score (nSPS) is 19.0. The minimum Gasteiger partial charge on any atom is -0.474 e. The highest BCUT2D eigenvalue weighted by Gasteiger charge is 2.41. The Bertz CT molecular complexity index is 3680. The topological polar surface area (TPSA) is 419 Å². The van der Waals surface area contributed by atoms with Crippen LogP contribution in [0.25, 0.3) is 11.2 Å². The van der Waals surface area contributed by atoms with Gasteiger partial charge >= 0.3 is 21.1 Å². The number of hydrogen-bond donors (Lipinski definition) is 7. The van der Waals surface area contributed by atoms with Crippen LogP contribution in [0.15, 0.2) is 90.4 Å². The molecular formula is C62H82N12O22P2S. The minimum atomic E-state index is -4.24. The zero-order chi connectivity index (χ0) is 70.8. The van der Waals surface area contributed by atoms with Crippen molar-refractivity contribution in [3.63, 3.8) is 0 Å². The molecular weight excluding hydrogens is 1360 g/mol. The van der Waals surface area contributed by atoms with Crippen molar-refractivity contribution in [2.75, 3.05) is 104 Å². The van der Waals surface area contributed by atoms with Gasteiger partial charge < -0.3 is 72.7 Å². The number of carbonyl (C=O) groups excluding carboxylic acids is 7. The molecule has 0 radical (unpaired) electrons. The Hall–Kier alpha value is -7.89. The lowest BCUT2D eigenvalue weighted by Gasteiger charge is -2.24. The van der Waals surface area contributed by atoms with E-state index in [0.717, 1.165) is 17.7 Å². The molecule has 1 saturated heterocycles. The number of imide groups is 1. The van der Waals surface area contributed by atoms with Crippen molar-refractivity contribution in [1.82, 2.24) is 49.9 Å². The van der Waals surface area contributed by atoms with Gasteiger partial charge in [-0.15, -0.1) is 0 Å². The zero-order valence-electron chi connectivity index (χ0n) is 54.9. The molecule has 99 heavy (non-hydrogen) atoms. The number of thiol groups is 1. The molecule has 8 rings (SSSR count). The van der Waals surface area contributed by atoms with E-state index >= 15 is 0 Å². The van der Waals surface area contributed by atoms with Crippen molar-refractivity contribution >= 4 is 91.6 Å². The molecule has 0 bridgehead atoms. The lowest BCUT2D eigenvalue weighted by atomic mass is 10.0. The van der Waals surface area contributed by atoms with Crippen LogP contribution in [-0.4, -0.2) is 209 Å². The molecule has 538 valence electrons. The number of amides is 7. The number of aromatic nitrogens is 6. The summed E-state index contributed by atoms with van der Waals surface area (Å²) in [5, 5.41) is 10.7. The fourth-order valence-electron chi connectivity index (χ4n) is 10.3. The van der Waals surface area contributed by atoms with E-state index in [4.69, 9.17) is 51.5 Å². The van der Waals surface area contributed by atoms with Crippen molar-refractivity contribution in [3.05, 3.63) is 113 Å². The molecule has 37 heteroatoms. The molecule has 2 aromatic carbocycles. The first-order chi connectivity index (χ1) is 47.6. The van der Waals surface area contributed by atoms with Crippen LogP contribution in [0, 0.1) is 11.8 Å². The number of imidazole rings is 1. The molecule has 6 N–H and O–H groups in total. The van der Waals surface area contributed by atoms with Crippen LogP contribution in [0.5, 0.6) is 5.88 Å². The summed E-state index contributed by atoms with van der Waals surface area (Å²) < 4.78 is 88.3. The molecule has 1 aliphatic carbocycles. The minimum absolute atomic E-state index is 0.00930. The third kappa shape index (κ3) is 24.8. The summed E-state index contributed by atoms with van der Waals surface area (Å²) in [5.41, 5.74) is 0.498. The summed E-state index contributed by atoms with van der Waals surface area (Å²) in [6.07, 6.45) is 4.75. The second-order valence-corrected chi connectivity index (χ2v) is 27.1. The van der Waals surface area contributed by atoms with Crippen molar-refractivity contribution in [3.8, 4) is 5.88 Å². The van der Waals surface area contributed by atoms with E-state index in [1.54, 1.807) is 68.6 Å². The number of ether oxygens (including phenoxy) is 8. The highest BCUT2D eigenvalue weighted by Crippen LogP contribution is 2.48. The lowest BCUT2D eigenvalue weighted by Crippen LogP contribution is -2.53. The first-order valence-electron chi connectivity index (χ1n) is 31.8. The van der Waals surface area contributed by atoms with Gasteiger partial charge in [0.1, 0.15) is 37.2 Å². The smallest absolute Gasteiger partial charge is 0.410 e. The van der Waals surface area contributed by atoms with Crippen LogP contribution in [0.4, 0.5) is 16.4 Å². The number of benzene rings is 2. The molecule has 2 aliphatic heterocycles. The summed E-state index contributed by atoms with van der Waals surface area (Å²) in [6, 6.07) is 12.6. The van der Waals surface area contributed by atoms with E-state index < -0.39 is 87.5 Å². The van der Waals surface area contributed by atoms with Gasteiger partial charge in [0.2, 0.25) is 29.5 Å². The van der Waals surface area contributed by atoms with E-state index in [9.17, 15) is 52.4 Å². The Morgan fingerprint density at radius 1 is 0.828 bits per heavy atom. The van der Waals surface area contributed by atoms with E-state index in [-0.39, 0.29) is 118 Å². The number of nitrogens with zero attached hydrogens (tertiary/aromatic N) is 7. The van der Waals surface area contributed by atoms with Gasteiger partial charge in [-0.2, -0.15) is 4.98 Å². The second-order valence-electron chi connectivity index (χ2n) is 23.3. The molecule has 5 heterocycles. The van der Waals surface area contributed by atoms with Crippen LogP contribution in [-0.2, 0) is 93.0 Å². The average Bonchev–Trinajstić information content (AvgIpc) is 1.62. The quantitative estimate of drug-likeness (QED) is 0.0124. The molecule has 3 aromatic heterocycles. The van der Waals surface area contributed by atoms with Gasteiger partial charge in [-0.05, 0) is 67.3 Å². The van der Waals surface area contributed by atoms with Gasteiger partial charge in [0.25, 0.3) is 23.3 Å². The number of carbonyl (C=O) groups is 7. The number of H-pyrrole nitrogens is 1. The highest BCUT2D eigenvalue weighted by atomic mass is 32.7. The first-order valence-corrected chi connectivity index (χ1v) is 35.8. The van der Waals surface area contributed by atoms with Crippen LogP contribution < -0.4 is 31.6 Å². The number of fused-ring (bicyclic) bond motifs is 1. The van der Waals surface area contributed by atoms with Gasteiger partial charge in [0.05, 0.1) is 98.3 Å². The van der Waals surface area contributed by atoms with E-state index in [1.165, 1.54) is 54.3 Å². The van der Waals surface area contributed by atoms with Crippen LogP contribution in [0.3, 0.4) is 0 Å². The lowest BCUT2D eigenvalue weighted by molar-refractivity contribution is -0.137. The second kappa shape index (κ2) is 38.6. The number of rotatable bonds is 41. The third-order valence-electron chi connectivity index (χ3n) is 15.4. The monoisotopic (exact) mass is 1440 g/mol. The molecule has 7 amide bonds. The van der Waals surface area contributed by atoms with Gasteiger partial charge in [0.15, 0.2) is 17.4 Å². The van der Waals surface area contributed by atoms with Crippen molar-refractivity contribution in [2.45, 2.75) is 103 Å². The average molecular weight is 1440 g/mol. The first kappa shape index (κ1) is 76.9. The third-order valence-corrected chi connectivity index (χ3v) is 17.2. The van der Waals surface area contributed by atoms with Crippen LogP contribution in [0.1, 0.15) is 80.6 Å². The maximum atomic E-state index is 14.0. The maximum absolute atomic E-state index is 14.0. The predicted octanol–water partition coefficient (Wildman–Crippen LogP) is 4.29. The van der Waals surface area contributed by atoms with Crippen molar-refractivity contribution in [1.29, 1.82) is 0 Å². The van der Waals surface area contributed by atoms with Gasteiger partial charge in [-0.3, -0.25) is 62.4 Å². The van der Waals surface area contributed by atoms with Gasteiger partial charge in [-0.1, -0.05) is 56.4 Å². The summed E-state index contributed by atoms with van der Waals surface area (Å²) in [6.45, 7) is 3.16. The standard InChI is InChI=1S/C62H82N12O22P2S/c1-39(2)53(68-49(75)18-21-86-23-25-88-27-29-90-30-28-89-26-24-87-22-20-73-51(76)15-16-52(73)77)58(80)66-40(3)56(78)67-44-12-9-41(10-13-44)34-91-62(82)72(4)33-43-7-5-6-8-47(43)57(79)70-61-69-55-54(59(81)71-61)65-38-74(55)60-48(32-46(95-60)36-93-98(84,85)99)96-97(83)92-35-42-11-14-45(31-42)94-50-17-19-63-37-64-50/h5-10,12-13,15-17,19,37-40,42,45-46,48,53,60,97H,11,14,18,20-36H2,1-4H3,(H,66,80)(H,67,78)(H,68,75)(H2,84,85,99)(H2,69,70,71,79,81)/t40-,42+,45-,46-,48+,53?,60+/m0/s1. The Labute approximate surface area is 574 Å². The van der Waals surface area contributed by atoms with Crippen molar-refractivity contribution in [2.24, 2.45) is 11.8 Å². The van der Waals surface area contributed by atoms with E-state index in [1.807, 2.05) is 0 Å². The van der Waals surface area contributed by atoms with Crippen LogP contribution >= 0.6 is 27.3 Å². The fraction of sp³-hybridized carbons (Fsp3) is 0.516. The van der Waals surface area contributed by atoms with E-state index in [2.05, 4.69) is 58.4 Å². The predicted molar refractivity (Wildman–Crippen MR) is 355 cm³/mol. The molecule has 2 fully saturated rings. The molecule has 0 spiro atoms. The number of aromatic amines is 1. The fourth-order valence-corrected chi connectivity index (χ4v) is 11.8. The number of hydrogen-bond acceptors (Lipinski definition) is 25. The van der Waals surface area contributed by atoms with Crippen LogP contribution in [0.2, 0.25) is 0 Å². The summed E-state index contributed by atoms with van der Waals surface area (Å²) in [5.74, 6) is -3.08. The number of nitrogens with one attached hydrogen (secondary N) is 5. The Morgan fingerprint density at radius 3 is 2.17 bits per heavy atom. The Morgan fingerprint density at radius 2 is 1.51 bits per heavy atom. The SMILES string of the molecule is CC(C)C(NC(=O)CCOCCOCCOCCOCCOCCN1C(=O)C=CC1=O)C(=O)N[C@@H](C)C(=O)Nc1ccc(COC(=O)N(C)Cc2ccccc2C(=O)Nc2nc3c(ncn3[C@@H]3O[C@H](COP(=O)(O)S)C[C@H]3O[PH](=O)OC[C@@H]3CC[C@H](Oc4ccncn4)C3)c(=O)[nH]2)cc1. The highest BCUT2D eigenvalue weighted by molar-refractivity contribution is 8.44.